The van der Waals surface area contributed by atoms with Crippen molar-refractivity contribution in [1.29, 1.82) is 0 Å². The molecule has 2 N–H and O–H groups in total. The SMILES string of the molecule is Cc1c(-c2cccc([N+](=O)[O-])c2)nc2scc(CCN)n12. The molecule has 0 aliphatic heterocycles. The van der Waals surface area contributed by atoms with E-state index in [-0.39, 0.29) is 5.69 Å². The molecule has 3 aromatic rings. The van der Waals surface area contributed by atoms with Crippen molar-refractivity contribution in [3.63, 3.8) is 0 Å². The molecule has 2 aromatic heterocycles. The van der Waals surface area contributed by atoms with E-state index in [1.807, 2.05) is 13.0 Å². The van der Waals surface area contributed by atoms with E-state index in [9.17, 15) is 10.1 Å². The van der Waals surface area contributed by atoms with Crippen LogP contribution in [-0.4, -0.2) is 20.9 Å². The average Bonchev–Trinajstić information content (AvgIpc) is 3.01. The molecular formula is C14H14N4O2S. The summed E-state index contributed by atoms with van der Waals surface area (Å²) < 4.78 is 2.08. The molecule has 0 aliphatic rings. The van der Waals surface area contributed by atoms with E-state index in [1.54, 1.807) is 23.5 Å². The number of hydrogen-bond donors (Lipinski definition) is 1. The van der Waals surface area contributed by atoms with Gasteiger partial charge in [-0.25, -0.2) is 4.98 Å². The fourth-order valence-corrected chi connectivity index (χ4v) is 3.39. The molecule has 0 aliphatic carbocycles. The summed E-state index contributed by atoms with van der Waals surface area (Å²) >= 11 is 1.56. The normalized spacial score (nSPS) is 11.1. The van der Waals surface area contributed by atoms with E-state index in [1.165, 1.54) is 6.07 Å². The van der Waals surface area contributed by atoms with Crippen LogP contribution in [0.2, 0.25) is 0 Å². The number of imidazole rings is 1. The van der Waals surface area contributed by atoms with Crippen LogP contribution in [0.5, 0.6) is 0 Å². The third-order valence-corrected chi connectivity index (χ3v) is 4.27. The van der Waals surface area contributed by atoms with Gasteiger partial charge in [-0.3, -0.25) is 14.5 Å². The standard InChI is InChI=1S/C14H14N4O2S/c1-9-13(10-3-2-4-11(7-10)18(19)20)16-14-17(9)12(5-6-15)8-21-14/h2-4,7-8H,5-6,15H2,1H3. The van der Waals surface area contributed by atoms with Crippen molar-refractivity contribution < 1.29 is 4.92 Å². The van der Waals surface area contributed by atoms with Crippen molar-refractivity contribution in [3.8, 4) is 11.3 Å². The van der Waals surface area contributed by atoms with Gasteiger partial charge in [-0.1, -0.05) is 12.1 Å². The molecule has 0 fully saturated rings. The summed E-state index contributed by atoms with van der Waals surface area (Å²) in [5.74, 6) is 0. The highest BCUT2D eigenvalue weighted by molar-refractivity contribution is 7.15. The van der Waals surface area contributed by atoms with Gasteiger partial charge < -0.3 is 5.73 Å². The largest absolute Gasteiger partial charge is 0.330 e. The number of nitrogens with two attached hydrogens (primary N) is 1. The molecule has 0 amide bonds. The summed E-state index contributed by atoms with van der Waals surface area (Å²) in [5, 5.41) is 13.0. The molecule has 0 spiro atoms. The summed E-state index contributed by atoms with van der Waals surface area (Å²) in [4.78, 5) is 16.0. The molecule has 0 saturated carbocycles. The number of nitro benzene ring substituents is 1. The van der Waals surface area contributed by atoms with Crippen LogP contribution < -0.4 is 5.73 Å². The molecule has 0 radical (unpaired) electrons. The first kappa shape index (κ1) is 13.7. The highest BCUT2D eigenvalue weighted by atomic mass is 32.1. The number of nitrogens with zero attached hydrogens (tertiary/aromatic N) is 3. The Kier molecular flexibility index (Phi) is 3.44. The predicted molar refractivity (Wildman–Crippen MR) is 82.7 cm³/mol. The van der Waals surface area contributed by atoms with Crippen molar-refractivity contribution in [3.05, 3.63) is 51.1 Å². The summed E-state index contributed by atoms with van der Waals surface area (Å²) in [6, 6.07) is 6.56. The van der Waals surface area contributed by atoms with Crippen molar-refractivity contribution in [2.75, 3.05) is 6.54 Å². The number of non-ortho nitro benzene ring substituents is 1. The fraction of sp³-hybridized carbons (Fsp3) is 0.214. The van der Waals surface area contributed by atoms with Gasteiger partial charge in [-0.2, -0.15) is 0 Å². The maximum Gasteiger partial charge on any atom is 0.270 e. The second-order valence-electron chi connectivity index (χ2n) is 4.74. The molecule has 2 heterocycles. The Morgan fingerprint density at radius 2 is 2.29 bits per heavy atom. The molecule has 3 rings (SSSR count). The van der Waals surface area contributed by atoms with Crippen molar-refractivity contribution in [2.45, 2.75) is 13.3 Å². The lowest BCUT2D eigenvalue weighted by atomic mass is 10.1. The van der Waals surface area contributed by atoms with Crippen LogP contribution in [0.3, 0.4) is 0 Å². The molecule has 6 nitrogen and oxygen atoms in total. The number of nitro groups is 1. The van der Waals surface area contributed by atoms with Crippen LogP contribution in [-0.2, 0) is 6.42 Å². The summed E-state index contributed by atoms with van der Waals surface area (Å²) in [6.07, 6.45) is 0.783. The number of thiazole rings is 1. The van der Waals surface area contributed by atoms with Gasteiger partial charge in [0.15, 0.2) is 4.96 Å². The summed E-state index contributed by atoms with van der Waals surface area (Å²) in [6.45, 7) is 2.55. The first-order valence-electron chi connectivity index (χ1n) is 6.52. The monoisotopic (exact) mass is 302 g/mol. The zero-order valence-electron chi connectivity index (χ0n) is 11.4. The zero-order valence-corrected chi connectivity index (χ0v) is 12.3. The molecule has 0 saturated heterocycles. The second kappa shape index (κ2) is 5.27. The Hall–Kier alpha value is -2.25. The maximum atomic E-state index is 10.9. The third kappa shape index (κ3) is 2.30. The molecule has 0 bridgehead atoms. The molecule has 1 aromatic carbocycles. The highest BCUT2D eigenvalue weighted by Gasteiger charge is 2.16. The summed E-state index contributed by atoms with van der Waals surface area (Å²) in [7, 11) is 0. The Morgan fingerprint density at radius 3 is 3.00 bits per heavy atom. The molecule has 0 unspecified atom stereocenters. The second-order valence-corrected chi connectivity index (χ2v) is 5.57. The minimum absolute atomic E-state index is 0.0745. The number of hydrogen-bond acceptors (Lipinski definition) is 5. The molecule has 7 heteroatoms. The quantitative estimate of drug-likeness (QED) is 0.593. The number of fused-ring (bicyclic) bond motifs is 1. The van der Waals surface area contributed by atoms with Gasteiger partial charge in [-0.15, -0.1) is 11.3 Å². The zero-order chi connectivity index (χ0) is 15.0. The number of benzene rings is 1. The van der Waals surface area contributed by atoms with E-state index in [0.29, 0.717) is 6.54 Å². The van der Waals surface area contributed by atoms with Crippen molar-refractivity contribution in [2.24, 2.45) is 5.73 Å². The Labute approximate surface area is 125 Å². The van der Waals surface area contributed by atoms with Gasteiger partial charge in [0.25, 0.3) is 5.69 Å². The smallest absolute Gasteiger partial charge is 0.270 e. The molecule has 108 valence electrons. The molecule has 21 heavy (non-hydrogen) atoms. The van der Waals surface area contributed by atoms with Gasteiger partial charge in [0.2, 0.25) is 0 Å². The van der Waals surface area contributed by atoms with Gasteiger partial charge in [0.05, 0.1) is 10.6 Å². The third-order valence-electron chi connectivity index (χ3n) is 3.40. The van der Waals surface area contributed by atoms with Gasteiger partial charge in [-0.05, 0) is 13.5 Å². The number of rotatable bonds is 4. The van der Waals surface area contributed by atoms with Crippen molar-refractivity contribution >= 4 is 22.0 Å². The van der Waals surface area contributed by atoms with Crippen LogP contribution >= 0.6 is 11.3 Å². The highest BCUT2D eigenvalue weighted by Crippen LogP contribution is 2.29. The van der Waals surface area contributed by atoms with Crippen LogP contribution in [0.25, 0.3) is 16.2 Å². The Balaban J connectivity index is 2.14. The van der Waals surface area contributed by atoms with Gasteiger partial charge in [0.1, 0.15) is 0 Å². The van der Waals surface area contributed by atoms with Crippen LogP contribution in [0.1, 0.15) is 11.4 Å². The van der Waals surface area contributed by atoms with Crippen molar-refractivity contribution in [1.82, 2.24) is 9.38 Å². The first-order chi connectivity index (χ1) is 10.1. The number of aromatic nitrogens is 2. The van der Waals surface area contributed by atoms with E-state index >= 15 is 0 Å². The predicted octanol–water partition coefficient (Wildman–Crippen LogP) is 2.78. The lowest BCUT2D eigenvalue weighted by Crippen LogP contribution is -2.05. The van der Waals surface area contributed by atoms with E-state index in [2.05, 4.69) is 14.8 Å². The van der Waals surface area contributed by atoms with E-state index in [0.717, 1.165) is 34.0 Å². The van der Waals surface area contributed by atoms with Crippen LogP contribution in [0.15, 0.2) is 29.6 Å². The Morgan fingerprint density at radius 1 is 1.48 bits per heavy atom. The maximum absolute atomic E-state index is 10.9. The number of aryl methyl sites for hydroxylation is 1. The topological polar surface area (TPSA) is 86.5 Å². The lowest BCUT2D eigenvalue weighted by Gasteiger charge is -2.02. The van der Waals surface area contributed by atoms with Crippen LogP contribution in [0.4, 0.5) is 5.69 Å². The minimum Gasteiger partial charge on any atom is -0.330 e. The lowest BCUT2D eigenvalue weighted by molar-refractivity contribution is -0.384. The summed E-state index contributed by atoms with van der Waals surface area (Å²) in [5.41, 5.74) is 9.35. The first-order valence-corrected chi connectivity index (χ1v) is 7.40. The van der Waals surface area contributed by atoms with Gasteiger partial charge >= 0.3 is 0 Å². The molecule has 0 atom stereocenters. The van der Waals surface area contributed by atoms with Gasteiger partial charge in [0, 0.05) is 40.9 Å². The molecular weight excluding hydrogens is 288 g/mol. The minimum atomic E-state index is -0.392. The Bertz CT molecular complexity index is 822. The van der Waals surface area contributed by atoms with Crippen LogP contribution in [0, 0.1) is 17.0 Å². The van der Waals surface area contributed by atoms with E-state index < -0.39 is 4.92 Å². The fourth-order valence-electron chi connectivity index (χ4n) is 2.43. The average molecular weight is 302 g/mol. The van der Waals surface area contributed by atoms with E-state index in [4.69, 9.17) is 5.73 Å².